The monoisotopic (exact) mass is 1230 g/mol. The number of rotatable bonds is 21. The molecule has 4 saturated heterocycles. The smallest absolute Gasteiger partial charge is 0.335 e. The fourth-order valence-electron chi connectivity index (χ4n) is 12.1. The zero-order chi connectivity index (χ0) is 62.0. The van der Waals surface area contributed by atoms with E-state index in [0.29, 0.717) is 37.0 Å². The van der Waals surface area contributed by atoms with Crippen molar-refractivity contribution in [2.75, 3.05) is 13.2 Å². The lowest BCUT2D eigenvalue weighted by Crippen LogP contribution is -2.57. The number of aromatic amines is 1. The van der Waals surface area contributed by atoms with E-state index < -0.39 is 73.4 Å². The van der Waals surface area contributed by atoms with Crippen LogP contribution >= 0.6 is 8.53 Å². The number of H-pyrrole nitrogens is 1. The van der Waals surface area contributed by atoms with Gasteiger partial charge < -0.3 is 57.4 Å². The number of carboxylic acids is 1. The zero-order valence-corrected chi connectivity index (χ0v) is 51.5. The van der Waals surface area contributed by atoms with Crippen LogP contribution in [0.4, 0.5) is 0 Å². The molecule has 13 atom stereocenters. The molecule has 4 bridgehead atoms. The van der Waals surface area contributed by atoms with Crippen LogP contribution in [0.25, 0.3) is 4.85 Å². The molecule has 6 heterocycles. The average molecular weight is 1230 g/mol. The molecule has 2 spiro atoms. The van der Waals surface area contributed by atoms with Gasteiger partial charge in [0.2, 0.25) is 6.54 Å². The maximum absolute atomic E-state index is 13.2. The summed E-state index contributed by atoms with van der Waals surface area (Å²) >= 11 is 0. The Morgan fingerprint density at radius 2 is 1.37 bits per heavy atom. The molecule has 2 aromatic heterocycles. The van der Waals surface area contributed by atoms with Gasteiger partial charge in [0.05, 0.1) is 31.3 Å². The predicted molar refractivity (Wildman–Crippen MR) is 324 cm³/mol. The first-order valence-electron chi connectivity index (χ1n) is 29.3. The largest absolute Gasteiger partial charge is 0.481 e. The molecule has 86 heavy (non-hydrogen) atoms. The van der Waals surface area contributed by atoms with E-state index in [2.05, 4.69) is 49.1 Å². The minimum Gasteiger partial charge on any atom is -0.481 e. The van der Waals surface area contributed by atoms with Gasteiger partial charge in [0, 0.05) is 66.7 Å². The molecule has 0 radical (unpaired) electrons. The van der Waals surface area contributed by atoms with Crippen molar-refractivity contribution in [1.82, 2.24) is 23.4 Å². The van der Waals surface area contributed by atoms with Crippen molar-refractivity contribution in [3.05, 3.63) is 113 Å². The molecular formula is C62H95N6O17P. The van der Waals surface area contributed by atoms with Gasteiger partial charge >= 0.3 is 17.3 Å². The molecular weight excluding hydrogens is 1130 g/mol. The highest BCUT2D eigenvalue weighted by Gasteiger charge is 2.72. The number of aliphatic hydroxyl groups excluding tert-OH is 1. The van der Waals surface area contributed by atoms with Crippen molar-refractivity contribution in [2.45, 2.75) is 248 Å². The Morgan fingerprint density at radius 1 is 0.802 bits per heavy atom. The van der Waals surface area contributed by atoms with Crippen LogP contribution in [-0.2, 0) is 65.2 Å². The summed E-state index contributed by atoms with van der Waals surface area (Å²) in [5, 5.41) is 18.8. The number of aliphatic hydroxyl groups is 1. The molecule has 2 saturated carbocycles. The number of nitrogens with one attached hydrogen (secondary N) is 1. The summed E-state index contributed by atoms with van der Waals surface area (Å²) in [6, 6.07) is 9.89. The second-order valence-electron chi connectivity index (χ2n) is 23.6. The van der Waals surface area contributed by atoms with Gasteiger partial charge in [-0.05, 0) is 99.0 Å². The number of carboxylic acid groups (broad SMARTS) is 1. The molecule has 3 aromatic rings. The van der Waals surface area contributed by atoms with Crippen LogP contribution in [0, 0.1) is 38.2 Å². The number of aliphatic carboxylic acids is 1. The Hall–Kier alpha value is -5.38. The Labute approximate surface area is 506 Å². The second-order valence-corrected chi connectivity index (χ2v) is 25.0. The van der Waals surface area contributed by atoms with Crippen LogP contribution in [0.1, 0.15) is 177 Å². The fraction of sp³-hybridized carbons (Fsp3) is 0.694. The number of hydrogen-bond donors (Lipinski definition) is 3. The first kappa shape index (κ1) is 73.1. The van der Waals surface area contributed by atoms with Gasteiger partial charge in [0.25, 0.3) is 19.6 Å². The number of Topliss-reactive ketones (excluding diaryl/α,β-unsaturated/α-hetero) is 3. The molecule has 0 amide bonds. The summed E-state index contributed by atoms with van der Waals surface area (Å²) in [5.74, 6) is -0.566. The third-order valence-electron chi connectivity index (χ3n) is 16.5. The maximum atomic E-state index is 13.2. The van der Waals surface area contributed by atoms with Crippen LogP contribution in [0.3, 0.4) is 0 Å². The van der Waals surface area contributed by atoms with Crippen LogP contribution in [0.2, 0.25) is 0 Å². The topological polar surface area (TPSA) is 280 Å². The van der Waals surface area contributed by atoms with E-state index in [1.165, 1.54) is 35.4 Å². The van der Waals surface area contributed by atoms with Crippen molar-refractivity contribution in [3.8, 4) is 0 Å². The summed E-state index contributed by atoms with van der Waals surface area (Å²) < 4.78 is 50.8. The molecule has 23 nitrogen and oxygen atoms in total. The van der Waals surface area contributed by atoms with Crippen LogP contribution in [0.15, 0.2) is 61.9 Å². The highest BCUT2D eigenvalue weighted by atomic mass is 31.2. The van der Waals surface area contributed by atoms with Gasteiger partial charge in [-0.2, -0.15) is 0 Å². The number of fused-ring (bicyclic) bond motifs is 2. The van der Waals surface area contributed by atoms with Crippen molar-refractivity contribution >= 4 is 31.8 Å². The minimum atomic E-state index is -1.52. The van der Waals surface area contributed by atoms with E-state index >= 15 is 0 Å². The Morgan fingerprint density at radius 3 is 1.95 bits per heavy atom. The van der Waals surface area contributed by atoms with Gasteiger partial charge in [0.15, 0.2) is 12.5 Å². The normalized spacial score (nSPS) is 27.6. The number of benzene rings is 1. The summed E-state index contributed by atoms with van der Waals surface area (Å²) in [6.45, 7) is 30.3. The molecule has 2 aliphatic carbocycles. The SMILES string of the molecule is C.C.CC(=O)CCC(=O)C(C)C.CC(=O)CCC(=O)O.Cc1cn([C@@H]2OC34[C@H](O)CCC[C@H]3O[C@H]2[C@H]4C)c(=O)n(COCc2ccccc2)c1=O.[C-]#[N+]CCOP(O[C@@H]1[C@@H]2O[C@@H]3CCC[C@@H](C)C13O[C@H]2n1cc(C)c(=O)[nH]c1=O)N(C(C)C)C(C)C. The molecule has 480 valence electrons. The lowest BCUT2D eigenvalue weighted by Gasteiger charge is -2.46. The number of carbonyl (C=O) groups excluding carboxylic acids is 3. The Balaban J connectivity index is 0.000000283. The van der Waals surface area contributed by atoms with Crippen molar-refractivity contribution in [2.24, 2.45) is 17.8 Å². The number of aryl methyl sites for hydroxylation is 2. The molecule has 3 N–H and O–H groups in total. The fourth-order valence-corrected chi connectivity index (χ4v) is 13.9. The van der Waals surface area contributed by atoms with Gasteiger partial charge in [-0.25, -0.2) is 25.4 Å². The number of ether oxygens (including phenoxy) is 5. The van der Waals surface area contributed by atoms with Crippen molar-refractivity contribution in [3.63, 3.8) is 0 Å². The molecule has 1 aromatic carbocycles. The van der Waals surface area contributed by atoms with E-state index in [-0.39, 0.29) is 119 Å². The number of carbonyl (C=O) groups is 4. The van der Waals surface area contributed by atoms with Crippen molar-refractivity contribution < 1.29 is 62.1 Å². The predicted octanol–water partition coefficient (Wildman–Crippen LogP) is 8.37. The van der Waals surface area contributed by atoms with E-state index in [1.807, 2.05) is 51.1 Å². The van der Waals surface area contributed by atoms with Gasteiger partial charge in [-0.15, -0.1) is 0 Å². The molecule has 9 rings (SSSR count). The second kappa shape index (κ2) is 32.2. The average Bonchev–Trinajstić information content (AvgIpc) is 1.55. The lowest BCUT2D eigenvalue weighted by molar-refractivity contribution is -0.253. The highest BCUT2D eigenvalue weighted by molar-refractivity contribution is 7.44. The first-order chi connectivity index (χ1) is 39.7. The van der Waals surface area contributed by atoms with Crippen LogP contribution in [-0.4, -0.2) is 130 Å². The maximum Gasteiger partial charge on any atom is 0.335 e. The first-order valence-corrected chi connectivity index (χ1v) is 30.4. The molecule has 4 aliphatic heterocycles. The third kappa shape index (κ3) is 16.5. The zero-order valence-electron chi connectivity index (χ0n) is 50.6. The van der Waals surface area contributed by atoms with E-state index in [0.717, 1.165) is 42.2 Å². The summed E-state index contributed by atoms with van der Waals surface area (Å²) in [7, 11) is -1.52. The summed E-state index contributed by atoms with van der Waals surface area (Å²) in [4.78, 5) is 97.6. The van der Waals surface area contributed by atoms with Gasteiger partial charge in [0.1, 0.15) is 60.2 Å². The number of aromatic nitrogens is 4. The minimum absolute atomic E-state index is 0. The molecule has 6 aliphatic rings. The Kier molecular flexibility index (Phi) is 27.4. The number of hydrogen-bond acceptors (Lipinski definition) is 17. The molecule has 3 unspecified atom stereocenters. The molecule has 24 heteroatoms. The summed E-state index contributed by atoms with van der Waals surface area (Å²) in [5.41, 5.74) is -1.56. The molecule has 6 fully saturated rings. The highest BCUT2D eigenvalue weighted by Crippen LogP contribution is 2.62. The van der Waals surface area contributed by atoms with Crippen LogP contribution < -0.4 is 22.5 Å². The van der Waals surface area contributed by atoms with Crippen LogP contribution in [0.5, 0.6) is 0 Å². The lowest BCUT2D eigenvalue weighted by atomic mass is 9.73. The number of nitrogens with zero attached hydrogens (tertiary/aromatic N) is 5. The number of ketones is 3. The van der Waals surface area contributed by atoms with Gasteiger partial charge in [-0.3, -0.25) is 33.3 Å². The third-order valence-corrected chi connectivity index (χ3v) is 18.6. The quantitative estimate of drug-likeness (QED) is 0.0513. The van der Waals surface area contributed by atoms with Crippen molar-refractivity contribution in [1.29, 1.82) is 0 Å². The Bertz CT molecular complexity index is 3020. The van der Waals surface area contributed by atoms with Gasteiger partial charge in [-0.1, -0.05) is 79.3 Å². The van der Waals surface area contributed by atoms with E-state index in [9.17, 15) is 43.5 Å². The van der Waals surface area contributed by atoms with E-state index in [1.54, 1.807) is 13.8 Å². The standard InChI is InChI=1S/C24H37N4O6P.C23H28N2O6.C8H14O2.C5H8O3.2CH4/c1-14(2)28(15(3)4)35(31-12-11-25-7)34-20-19-22(27-13-16(5)21(29)26-23(27)30)33-24(20)17(6)9-8-10-18(24)32-19;1-14-11-24(21-19-15(2)23(31-21)17(26)9-6-10-18(23)30-19)22(28)25(20(14)27)13-29-12-16-7-4-3-5-8-16;1-6(2)8(10)5-4-7(3)9;1-4(6)2-3-5(7)8;;/h13-15,17-20,22H,8-12H2,1-6H3,(H,26,29,30);3-5,7-8,11,15,17-19,21,26H,6,9-10,12-13H2,1-2H3;6H,4-5H2,1-3H3;2-3H2,1H3,(H,7,8);2*1H4/t17-,18-,19+,20-,22-,24?,35?;15-,17-,18-,19+,21-,23?;;;;/m11..../s1. The summed E-state index contributed by atoms with van der Waals surface area (Å²) in [6.07, 6.45) is 5.56. The van der Waals surface area contributed by atoms with E-state index in [4.69, 9.17) is 44.4 Å².